The molecule has 0 bridgehead atoms. The first-order valence-electron chi connectivity index (χ1n) is 6.04. The van der Waals surface area contributed by atoms with Crippen molar-refractivity contribution in [3.8, 4) is 0 Å². The highest BCUT2D eigenvalue weighted by atomic mass is 32.1. The second kappa shape index (κ2) is 5.75. The van der Waals surface area contributed by atoms with Crippen LogP contribution in [0.25, 0.3) is 0 Å². The Hall–Kier alpha value is -1.01. The van der Waals surface area contributed by atoms with Crippen molar-refractivity contribution in [3.05, 3.63) is 5.01 Å². The summed E-state index contributed by atoms with van der Waals surface area (Å²) < 4.78 is 0. The lowest BCUT2D eigenvalue weighted by Crippen LogP contribution is -2.38. The van der Waals surface area contributed by atoms with Crippen LogP contribution in [0.3, 0.4) is 0 Å². The van der Waals surface area contributed by atoms with Gasteiger partial charge in [0.25, 0.3) is 0 Å². The number of anilines is 1. The molecule has 1 aromatic rings. The lowest BCUT2D eigenvalue weighted by Gasteiger charge is -2.26. The first kappa shape index (κ1) is 15.0. The normalized spacial score (nSPS) is 12.5. The molecule has 0 radical (unpaired) electrons. The molecule has 0 saturated heterocycles. The number of carbonyl (C=O) groups is 1. The van der Waals surface area contributed by atoms with E-state index in [4.69, 9.17) is 0 Å². The molecular weight excluding hydrogens is 248 g/mol. The summed E-state index contributed by atoms with van der Waals surface area (Å²) in [6, 6.07) is 0. The number of nitrogens with one attached hydrogen (secondary N) is 2. The zero-order valence-corrected chi connectivity index (χ0v) is 12.5. The Balaban J connectivity index is 2.58. The van der Waals surface area contributed by atoms with Gasteiger partial charge in [0.2, 0.25) is 11.5 Å². The van der Waals surface area contributed by atoms with E-state index in [0.717, 1.165) is 18.0 Å². The van der Waals surface area contributed by atoms with Crippen LogP contribution in [0.1, 0.15) is 46.0 Å². The summed E-state index contributed by atoms with van der Waals surface area (Å²) in [7, 11) is 0. The van der Waals surface area contributed by atoms with Gasteiger partial charge < -0.3 is 10.6 Å². The average Bonchev–Trinajstić information content (AvgIpc) is 2.65. The summed E-state index contributed by atoms with van der Waals surface area (Å²) >= 11 is 1.43. The van der Waals surface area contributed by atoms with Crippen LogP contribution in [0.15, 0.2) is 0 Å². The van der Waals surface area contributed by atoms with Gasteiger partial charge in [-0.2, -0.15) is 0 Å². The number of nitrogens with zero attached hydrogens (tertiary/aromatic N) is 2. The zero-order valence-electron chi connectivity index (χ0n) is 11.7. The number of amides is 1. The van der Waals surface area contributed by atoms with Gasteiger partial charge >= 0.3 is 0 Å². The summed E-state index contributed by atoms with van der Waals surface area (Å²) in [5.41, 5.74) is 0.0835. The van der Waals surface area contributed by atoms with E-state index in [1.807, 2.05) is 0 Å². The summed E-state index contributed by atoms with van der Waals surface area (Å²) in [6.45, 7) is 11.7. The Morgan fingerprint density at radius 1 is 1.22 bits per heavy atom. The molecule has 0 aliphatic carbocycles. The van der Waals surface area contributed by atoms with Crippen molar-refractivity contribution in [2.24, 2.45) is 0 Å². The Kier molecular flexibility index (Phi) is 4.81. The predicted octanol–water partition coefficient (Wildman–Crippen LogP) is 2.16. The molecule has 1 aromatic heterocycles. The van der Waals surface area contributed by atoms with Crippen molar-refractivity contribution in [2.75, 3.05) is 11.9 Å². The van der Waals surface area contributed by atoms with Crippen molar-refractivity contribution >= 4 is 22.9 Å². The maximum atomic E-state index is 10.3. The number of rotatable bonds is 6. The molecule has 0 aromatic carbocycles. The third-order valence-corrected chi connectivity index (χ3v) is 3.81. The SMILES string of the molecule is CC(C)(C)NCCC(C)(C)c1nnc(NC=O)s1. The van der Waals surface area contributed by atoms with Gasteiger partial charge in [0, 0.05) is 11.0 Å². The maximum absolute atomic E-state index is 10.3. The Bertz CT molecular complexity index is 395. The number of carbonyl (C=O) groups excluding carboxylic acids is 1. The van der Waals surface area contributed by atoms with E-state index in [9.17, 15) is 4.79 Å². The van der Waals surface area contributed by atoms with Gasteiger partial charge in [0.15, 0.2) is 0 Å². The fraction of sp³-hybridized carbons (Fsp3) is 0.750. The van der Waals surface area contributed by atoms with Crippen molar-refractivity contribution in [2.45, 2.75) is 52.0 Å². The average molecular weight is 270 g/mol. The van der Waals surface area contributed by atoms with Gasteiger partial charge in [0.05, 0.1) is 0 Å². The Morgan fingerprint density at radius 2 is 1.89 bits per heavy atom. The van der Waals surface area contributed by atoms with Crippen LogP contribution in [0.4, 0.5) is 5.13 Å². The third kappa shape index (κ3) is 4.70. The van der Waals surface area contributed by atoms with Crippen LogP contribution in [-0.4, -0.2) is 28.7 Å². The molecule has 2 N–H and O–H groups in total. The number of hydrogen-bond donors (Lipinski definition) is 2. The first-order chi connectivity index (χ1) is 8.24. The van der Waals surface area contributed by atoms with Crippen LogP contribution in [0.5, 0.6) is 0 Å². The lowest BCUT2D eigenvalue weighted by molar-refractivity contribution is -0.105. The molecule has 0 fully saturated rings. The van der Waals surface area contributed by atoms with E-state index in [1.165, 1.54) is 11.3 Å². The maximum Gasteiger partial charge on any atom is 0.213 e. The van der Waals surface area contributed by atoms with Gasteiger partial charge in [-0.05, 0) is 33.7 Å². The molecule has 6 heteroatoms. The summed E-state index contributed by atoms with van der Waals surface area (Å²) in [5, 5.41) is 15.6. The van der Waals surface area contributed by atoms with Gasteiger partial charge in [-0.1, -0.05) is 25.2 Å². The monoisotopic (exact) mass is 270 g/mol. The van der Waals surface area contributed by atoms with Gasteiger partial charge in [-0.3, -0.25) is 4.79 Å². The molecule has 1 heterocycles. The fourth-order valence-corrected chi connectivity index (χ4v) is 2.29. The minimum absolute atomic E-state index is 0.0429. The third-order valence-electron chi connectivity index (χ3n) is 2.59. The van der Waals surface area contributed by atoms with E-state index >= 15 is 0 Å². The second-order valence-corrected chi connectivity index (χ2v) is 6.96. The highest BCUT2D eigenvalue weighted by Gasteiger charge is 2.25. The zero-order chi connectivity index (χ0) is 13.8. The quantitative estimate of drug-likeness (QED) is 0.777. The molecule has 0 spiro atoms. The number of hydrogen-bond acceptors (Lipinski definition) is 5. The lowest BCUT2D eigenvalue weighted by atomic mass is 9.90. The van der Waals surface area contributed by atoms with Gasteiger partial charge in [-0.15, -0.1) is 10.2 Å². The van der Waals surface area contributed by atoms with Gasteiger partial charge in [0.1, 0.15) is 5.01 Å². The largest absolute Gasteiger partial charge is 0.312 e. The van der Waals surface area contributed by atoms with Crippen molar-refractivity contribution < 1.29 is 4.79 Å². The standard InChI is InChI=1S/C12H22N4OS/c1-11(2,3)14-7-6-12(4,5)9-15-16-10(18-9)13-8-17/h8,14H,6-7H2,1-5H3,(H,13,16,17). The van der Waals surface area contributed by atoms with Crippen molar-refractivity contribution in [1.29, 1.82) is 0 Å². The number of aromatic nitrogens is 2. The van der Waals surface area contributed by atoms with E-state index < -0.39 is 0 Å². The minimum atomic E-state index is -0.0429. The molecule has 0 saturated carbocycles. The highest BCUT2D eigenvalue weighted by Crippen LogP contribution is 2.30. The summed E-state index contributed by atoms with van der Waals surface area (Å²) in [5.74, 6) is 0. The predicted molar refractivity (Wildman–Crippen MR) is 75.0 cm³/mol. The molecule has 1 rings (SSSR count). The molecule has 0 atom stereocenters. The summed E-state index contributed by atoms with van der Waals surface area (Å²) in [4.78, 5) is 10.3. The van der Waals surface area contributed by atoms with Crippen LogP contribution >= 0.6 is 11.3 Å². The van der Waals surface area contributed by atoms with Crippen LogP contribution in [0, 0.1) is 0 Å². The smallest absolute Gasteiger partial charge is 0.213 e. The molecule has 1 amide bonds. The Morgan fingerprint density at radius 3 is 2.44 bits per heavy atom. The topological polar surface area (TPSA) is 66.9 Å². The van der Waals surface area contributed by atoms with Crippen molar-refractivity contribution in [1.82, 2.24) is 15.5 Å². The molecular formula is C12H22N4OS. The Labute approximate surface area is 112 Å². The molecule has 0 aliphatic heterocycles. The molecule has 18 heavy (non-hydrogen) atoms. The van der Waals surface area contributed by atoms with Crippen molar-refractivity contribution in [3.63, 3.8) is 0 Å². The first-order valence-corrected chi connectivity index (χ1v) is 6.85. The van der Waals surface area contributed by atoms with Gasteiger partial charge in [-0.25, -0.2) is 0 Å². The van der Waals surface area contributed by atoms with E-state index in [2.05, 4.69) is 55.4 Å². The fourth-order valence-electron chi connectivity index (χ4n) is 1.46. The summed E-state index contributed by atoms with van der Waals surface area (Å²) in [6.07, 6.45) is 1.60. The van der Waals surface area contributed by atoms with Crippen LogP contribution < -0.4 is 10.6 Å². The van der Waals surface area contributed by atoms with Crippen LogP contribution in [0.2, 0.25) is 0 Å². The molecule has 102 valence electrons. The van der Waals surface area contributed by atoms with E-state index in [-0.39, 0.29) is 11.0 Å². The van der Waals surface area contributed by atoms with Crippen LogP contribution in [-0.2, 0) is 10.2 Å². The second-order valence-electron chi connectivity index (χ2n) is 5.99. The van der Waals surface area contributed by atoms with E-state index in [0.29, 0.717) is 11.5 Å². The minimum Gasteiger partial charge on any atom is -0.312 e. The highest BCUT2D eigenvalue weighted by molar-refractivity contribution is 7.15. The molecule has 0 aliphatic rings. The van der Waals surface area contributed by atoms with E-state index in [1.54, 1.807) is 0 Å². The molecule has 0 unspecified atom stereocenters. The molecule has 5 nitrogen and oxygen atoms in total.